The normalized spacial score (nSPS) is 18.0. The number of aliphatic hydroxyl groups is 1. The summed E-state index contributed by atoms with van der Waals surface area (Å²) in [5.41, 5.74) is 3.51. The van der Waals surface area contributed by atoms with E-state index in [1.165, 1.54) is 16.5 Å². The first-order valence-electron chi connectivity index (χ1n) is 9.57. The van der Waals surface area contributed by atoms with Crippen LogP contribution >= 0.6 is 0 Å². The van der Waals surface area contributed by atoms with E-state index in [-0.39, 0.29) is 6.10 Å². The summed E-state index contributed by atoms with van der Waals surface area (Å²) in [7, 11) is 3.89. The predicted molar refractivity (Wildman–Crippen MR) is 107 cm³/mol. The first-order chi connectivity index (χ1) is 12.6. The summed E-state index contributed by atoms with van der Waals surface area (Å²) in [6.45, 7) is 6.37. The molecule has 2 aromatic rings. The third-order valence-corrected chi connectivity index (χ3v) is 5.05. The molecule has 1 saturated heterocycles. The molecule has 5 nitrogen and oxygen atoms in total. The maximum Gasteiger partial charge on any atom is 0.133 e. The highest BCUT2D eigenvalue weighted by atomic mass is 16.5. The van der Waals surface area contributed by atoms with E-state index in [0.717, 1.165) is 56.8 Å². The van der Waals surface area contributed by atoms with Crippen LogP contribution in [0.15, 0.2) is 24.3 Å². The Morgan fingerprint density at radius 1 is 1.35 bits per heavy atom. The number of hydrogen-bond acceptors (Lipinski definition) is 5. The van der Waals surface area contributed by atoms with Crippen LogP contribution in [0.5, 0.6) is 0 Å². The SMILES string of the molecule is COCCCN(C)Cc1cc2cc(C)ccc2nc1N1CCC[C@H](O)C1. The number of nitrogens with zero attached hydrogens (tertiary/aromatic N) is 3. The van der Waals surface area contributed by atoms with Crippen LogP contribution in [0.4, 0.5) is 5.82 Å². The second-order valence-corrected chi connectivity index (χ2v) is 7.49. The third-order valence-electron chi connectivity index (χ3n) is 5.05. The molecule has 0 amide bonds. The van der Waals surface area contributed by atoms with Crippen molar-refractivity contribution < 1.29 is 9.84 Å². The smallest absolute Gasteiger partial charge is 0.133 e. The molecule has 2 heterocycles. The average Bonchev–Trinajstić information content (AvgIpc) is 2.61. The van der Waals surface area contributed by atoms with Gasteiger partial charge >= 0.3 is 0 Å². The first kappa shape index (κ1) is 19.1. The van der Waals surface area contributed by atoms with Crippen LogP contribution in [-0.2, 0) is 11.3 Å². The van der Waals surface area contributed by atoms with Gasteiger partial charge in [-0.2, -0.15) is 0 Å². The van der Waals surface area contributed by atoms with E-state index in [1.54, 1.807) is 7.11 Å². The number of piperidine rings is 1. The third kappa shape index (κ3) is 4.72. The fourth-order valence-corrected chi connectivity index (χ4v) is 3.72. The average molecular weight is 357 g/mol. The van der Waals surface area contributed by atoms with Crippen molar-refractivity contribution >= 4 is 16.7 Å². The zero-order chi connectivity index (χ0) is 18.5. The zero-order valence-electron chi connectivity index (χ0n) is 16.2. The van der Waals surface area contributed by atoms with Gasteiger partial charge in [0, 0.05) is 50.8 Å². The summed E-state index contributed by atoms with van der Waals surface area (Å²) < 4.78 is 5.17. The Hall–Kier alpha value is -1.69. The molecular weight excluding hydrogens is 326 g/mol. The van der Waals surface area contributed by atoms with Gasteiger partial charge in [0.05, 0.1) is 11.6 Å². The number of β-amino-alcohol motifs (C(OH)–C–C–N with tert-alkyl or cyclic N) is 1. The molecule has 1 N–H and O–H groups in total. The van der Waals surface area contributed by atoms with E-state index in [2.05, 4.69) is 48.0 Å². The highest BCUT2D eigenvalue weighted by Crippen LogP contribution is 2.28. The fraction of sp³-hybridized carbons (Fsp3) is 0.571. The van der Waals surface area contributed by atoms with Crippen LogP contribution in [0.3, 0.4) is 0 Å². The van der Waals surface area contributed by atoms with E-state index < -0.39 is 0 Å². The first-order valence-corrected chi connectivity index (χ1v) is 9.57. The van der Waals surface area contributed by atoms with Crippen LogP contribution in [0, 0.1) is 6.92 Å². The van der Waals surface area contributed by atoms with E-state index in [1.807, 2.05) is 0 Å². The summed E-state index contributed by atoms with van der Waals surface area (Å²) >= 11 is 0. The summed E-state index contributed by atoms with van der Waals surface area (Å²) in [6, 6.07) is 8.69. The lowest BCUT2D eigenvalue weighted by Crippen LogP contribution is -2.39. The molecular formula is C21H31N3O2. The molecule has 1 aromatic heterocycles. The van der Waals surface area contributed by atoms with E-state index >= 15 is 0 Å². The van der Waals surface area contributed by atoms with Crippen molar-refractivity contribution in [2.75, 3.05) is 45.3 Å². The molecule has 1 fully saturated rings. The van der Waals surface area contributed by atoms with Gasteiger partial charge in [0.2, 0.25) is 0 Å². The van der Waals surface area contributed by atoms with E-state index in [9.17, 15) is 5.11 Å². The maximum atomic E-state index is 10.1. The number of fused-ring (bicyclic) bond motifs is 1. The van der Waals surface area contributed by atoms with Crippen LogP contribution in [0.2, 0.25) is 0 Å². The molecule has 0 bridgehead atoms. The van der Waals surface area contributed by atoms with Gasteiger partial charge in [-0.25, -0.2) is 4.98 Å². The minimum absolute atomic E-state index is 0.258. The molecule has 0 saturated carbocycles. The van der Waals surface area contributed by atoms with Crippen LogP contribution in [-0.4, -0.2) is 61.5 Å². The van der Waals surface area contributed by atoms with Crippen LogP contribution in [0.25, 0.3) is 10.9 Å². The lowest BCUT2D eigenvalue weighted by Gasteiger charge is -2.33. The van der Waals surface area contributed by atoms with Gasteiger partial charge in [0.1, 0.15) is 5.82 Å². The molecule has 1 aromatic carbocycles. The molecule has 0 radical (unpaired) electrons. The van der Waals surface area contributed by atoms with Crippen molar-refractivity contribution in [3.8, 4) is 0 Å². The van der Waals surface area contributed by atoms with Crippen molar-refractivity contribution in [2.24, 2.45) is 0 Å². The molecule has 1 atom stereocenters. The summed E-state index contributed by atoms with van der Waals surface area (Å²) in [4.78, 5) is 9.56. The number of methoxy groups -OCH3 is 1. The quantitative estimate of drug-likeness (QED) is 0.772. The number of aromatic nitrogens is 1. The lowest BCUT2D eigenvalue weighted by molar-refractivity contribution is 0.153. The number of hydrogen-bond donors (Lipinski definition) is 1. The Morgan fingerprint density at radius 3 is 2.96 bits per heavy atom. The molecule has 0 unspecified atom stereocenters. The fourth-order valence-electron chi connectivity index (χ4n) is 3.72. The van der Waals surface area contributed by atoms with Crippen molar-refractivity contribution in [2.45, 2.75) is 38.8 Å². The second-order valence-electron chi connectivity index (χ2n) is 7.49. The largest absolute Gasteiger partial charge is 0.391 e. The minimum atomic E-state index is -0.258. The number of benzene rings is 1. The molecule has 3 rings (SSSR count). The van der Waals surface area contributed by atoms with Gasteiger partial charge in [0.25, 0.3) is 0 Å². The number of pyridine rings is 1. The van der Waals surface area contributed by atoms with Crippen molar-refractivity contribution in [1.29, 1.82) is 0 Å². The number of rotatable bonds is 7. The number of aliphatic hydroxyl groups excluding tert-OH is 1. The van der Waals surface area contributed by atoms with Gasteiger partial charge in [-0.15, -0.1) is 0 Å². The number of anilines is 1. The summed E-state index contributed by atoms with van der Waals surface area (Å²) in [5.74, 6) is 1.03. The van der Waals surface area contributed by atoms with Crippen molar-refractivity contribution in [1.82, 2.24) is 9.88 Å². The Kier molecular flexibility index (Phi) is 6.46. The van der Waals surface area contributed by atoms with Gasteiger partial charge in [0.15, 0.2) is 0 Å². The highest BCUT2D eigenvalue weighted by molar-refractivity contribution is 5.82. The van der Waals surface area contributed by atoms with Gasteiger partial charge in [-0.3, -0.25) is 0 Å². The number of ether oxygens (including phenoxy) is 1. The number of aryl methyl sites for hydroxylation is 1. The molecule has 1 aliphatic rings. The standard InChI is InChI=1S/C21H31N3O2/c1-16-7-8-20-17(12-16)13-18(14-23(2)9-5-11-26-3)21(22-20)24-10-4-6-19(25)15-24/h7-8,12-13,19,25H,4-6,9-11,14-15H2,1-3H3/t19-/m0/s1. The minimum Gasteiger partial charge on any atom is -0.391 e. The van der Waals surface area contributed by atoms with E-state index in [4.69, 9.17) is 9.72 Å². The second kappa shape index (κ2) is 8.80. The van der Waals surface area contributed by atoms with Crippen molar-refractivity contribution in [3.63, 3.8) is 0 Å². The predicted octanol–water partition coefficient (Wildman–Crippen LogP) is 2.97. The Morgan fingerprint density at radius 2 is 2.19 bits per heavy atom. The van der Waals surface area contributed by atoms with Crippen LogP contribution in [0.1, 0.15) is 30.4 Å². The molecule has 5 heteroatoms. The van der Waals surface area contributed by atoms with Gasteiger partial charge in [-0.1, -0.05) is 11.6 Å². The summed E-state index contributed by atoms with van der Waals surface area (Å²) in [6.07, 6.45) is 2.66. The summed E-state index contributed by atoms with van der Waals surface area (Å²) in [5, 5.41) is 11.3. The molecule has 142 valence electrons. The lowest BCUT2D eigenvalue weighted by atomic mass is 10.1. The Balaban J connectivity index is 1.90. The Labute approximate surface area is 156 Å². The monoisotopic (exact) mass is 357 g/mol. The van der Waals surface area contributed by atoms with Gasteiger partial charge < -0.3 is 19.6 Å². The van der Waals surface area contributed by atoms with E-state index in [0.29, 0.717) is 6.54 Å². The molecule has 0 spiro atoms. The highest BCUT2D eigenvalue weighted by Gasteiger charge is 2.22. The molecule has 1 aliphatic heterocycles. The molecule has 26 heavy (non-hydrogen) atoms. The molecule has 0 aliphatic carbocycles. The van der Waals surface area contributed by atoms with Gasteiger partial charge in [-0.05, 0) is 51.4 Å². The Bertz CT molecular complexity index is 735. The zero-order valence-corrected chi connectivity index (χ0v) is 16.2. The van der Waals surface area contributed by atoms with Crippen LogP contribution < -0.4 is 4.90 Å². The topological polar surface area (TPSA) is 48.8 Å². The van der Waals surface area contributed by atoms with Crippen molar-refractivity contribution in [3.05, 3.63) is 35.4 Å². The maximum absolute atomic E-state index is 10.1.